The van der Waals surface area contributed by atoms with Crippen molar-refractivity contribution < 1.29 is 18.8 Å². The van der Waals surface area contributed by atoms with Crippen molar-refractivity contribution in [1.82, 2.24) is 0 Å². The van der Waals surface area contributed by atoms with Crippen molar-refractivity contribution >= 4 is 20.6 Å². The molecule has 0 unspecified atom stereocenters. The number of allylic oxidation sites excluding steroid dienone is 2. The minimum Gasteiger partial charge on any atom is -0.461 e. The summed E-state index contributed by atoms with van der Waals surface area (Å²) in [6, 6.07) is 10.4. The van der Waals surface area contributed by atoms with Gasteiger partial charge in [0.25, 0.3) is 0 Å². The molecule has 0 heterocycles. The maximum absolute atomic E-state index is 12.5. The second-order valence-electron chi connectivity index (χ2n) is 11.7. The van der Waals surface area contributed by atoms with Crippen LogP contribution in [0.1, 0.15) is 79.7 Å². The molecule has 33 heavy (non-hydrogen) atoms. The molecule has 186 valence electrons. The van der Waals surface area contributed by atoms with Gasteiger partial charge in [-0.25, -0.2) is 0 Å². The van der Waals surface area contributed by atoms with Gasteiger partial charge >= 0.3 is 5.97 Å². The Labute approximate surface area is 203 Å². The van der Waals surface area contributed by atoms with Crippen LogP contribution < -0.4 is 0 Å². The summed E-state index contributed by atoms with van der Waals surface area (Å²) in [4.78, 5) is 23.8. The van der Waals surface area contributed by atoms with Crippen molar-refractivity contribution in [3.63, 3.8) is 0 Å². The van der Waals surface area contributed by atoms with Gasteiger partial charge < -0.3 is 14.0 Å². The van der Waals surface area contributed by atoms with Crippen molar-refractivity contribution in [2.75, 3.05) is 0 Å². The minimum absolute atomic E-state index is 0.0660. The Morgan fingerprint density at radius 2 is 1.64 bits per heavy atom. The summed E-state index contributed by atoms with van der Waals surface area (Å²) < 4.78 is 12.5. The largest absolute Gasteiger partial charge is 0.461 e. The van der Waals surface area contributed by atoms with E-state index in [-0.39, 0.29) is 23.5 Å². The lowest BCUT2D eigenvalue weighted by Gasteiger charge is -2.40. The van der Waals surface area contributed by atoms with Gasteiger partial charge in [0.1, 0.15) is 12.4 Å². The molecule has 0 saturated heterocycles. The van der Waals surface area contributed by atoms with Crippen LogP contribution in [0.4, 0.5) is 0 Å². The van der Waals surface area contributed by atoms with Gasteiger partial charge in [-0.2, -0.15) is 0 Å². The van der Waals surface area contributed by atoms with Crippen LogP contribution in [0.5, 0.6) is 0 Å². The van der Waals surface area contributed by atoms with Crippen LogP contribution in [-0.2, 0) is 25.2 Å². The van der Waals surface area contributed by atoms with Crippen LogP contribution in [0.3, 0.4) is 0 Å². The molecule has 4 nitrogen and oxygen atoms in total. The van der Waals surface area contributed by atoms with Gasteiger partial charge in [-0.1, -0.05) is 62.8 Å². The lowest BCUT2D eigenvalue weighted by Crippen LogP contribution is -2.45. The molecule has 0 aliphatic rings. The van der Waals surface area contributed by atoms with E-state index in [1.165, 1.54) is 11.1 Å². The highest BCUT2D eigenvalue weighted by Gasteiger charge is 2.40. The first-order valence-corrected chi connectivity index (χ1v) is 15.1. The van der Waals surface area contributed by atoms with Crippen LogP contribution in [0.2, 0.25) is 18.1 Å². The third-order valence-corrected chi connectivity index (χ3v) is 11.0. The maximum Gasteiger partial charge on any atom is 0.311 e. The zero-order valence-electron chi connectivity index (χ0n) is 22.4. The topological polar surface area (TPSA) is 52.6 Å². The highest BCUT2D eigenvalue weighted by atomic mass is 28.4. The lowest BCUT2D eigenvalue weighted by molar-refractivity contribution is -0.160. The van der Waals surface area contributed by atoms with E-state index in [0.29, 0.717) is 6.42 Å². The number of esters is 1. The summed E-state index contributed by atoms with van der Waals surface area (Å²) in [5.74, 6) is -0.278. The summed E-state index contributed by atoms with van der Waals surface area (Å²) in [6.45, 7) is 18.8. The van der Waals surface area contributed by atoms with E-state index in [4.69, 9.17) is 9.16 Å². The monoisotopic (exact) mass is 474 g/mol. The van der Waals surface area contributed by atoms with E-state index in [2.05, 4.69) is 71.1 Å². The van der Waals surface area contributed by atoms with E-state index in [1.807, 2.05) is 26.8 Å². The minimum atomic E-state index is -2.03. The quantitative estimate of drug-likeness (QED) is 0.138. The van der Waals surface area contributed by atoms with Crippen molar-refractivity contribution in [3.05, 3.63) is 47.5 Å². The molecule has 0 N–H and O–H groups in total. The Bertz CT molecular complexity index is 769. The van der Waals surface area contributed by atoms with Gasteiger partial charge in [-0.05, 0) is 70.7 Å². The number of carbonyl (C=O) groups excluding carboxylic acids is 2. The van der Waals surface area contributed by atoms with E-state index < -0.39 is 19.8 Å². The third-order valence-electron chi connectivity index (χ3n) is 6.43. The molecule has 2 atom stereocenters. The van der Waals surface area contributed by atoms with Gasteiger partial charge in [-0.15, -0.1) is 0 Å². The van der Waals surface area contributed by atoms with Gasteiger partial charge in [0.15, 0.2) is 8.32 Å². The summed E-state index contributed by atoms with van der Waals surface area (Å²) in [5.41, 5.74) is 2.01. The summed E-state index contributed by atoms with van der Waals surface area (Å²) in [5, 5.41) is 0.0751. The van der Waals surface area contributed by atoms with Crippen LogP contribution in [0, 0.1) is 5.41 Å². The van der Waals surface area contributed by atoms with Crippen LogP contribution in [0.25, 0.3) is 0 Å². The van der Waals surface area contributed by atoms with Gasteiger partial charge in [-0.3, -0.25) is 4.79 Å². The molecule has 1 rings (SSSR count). The molecule has 0 bridgehead atoms. The Hall–Kier alpha value is -1.72. The van der Waals surface area contributed by atoms with E-state index in [0.717, 1.165) is 25.5 Å². The number of rotatable bonds is 12. The number of aldehydes is 1. The first kappa shape index (κ1) is 29.3. The normalized spacial score (nSPS) is 15.1. The smallest absolute Gasteiger partial charge is 0.311 e. The molecule has 0 aliphatic carbocycles. The molecule has 0 fully saturated rings. The fourth-order valence-electron chi connectivity index (χ4n) is 3.14. The number of hydrogen-bond acceptors (Lipinski definition) is 4. The number of hydrogen-bond donors (Lipinski definition) is 0. The maximum atomic E-state index is 12.5. The lowest BCUT2D eigenvalue weighted by atomic mass is 9.96. The fraction of sp³-hybridized carbons (Fsp3) is 0.643. The van der Waals surface area contributed by atoms with E-state index >= 15 is 0 Å². The Balaban J connectivity index is 2.94. The van der Waals surface area contributed by atoms with E-state index in [1.54, 1.807) is 0 Å². The van der Waals surface area contributed by atoms with Crippen molar-refractivity contribution in [2.24, 2.45) is 5.41 Å². The van der Waals surface area contributed by atoms with Gasteiger partial charge in [0.05, 0.1) is 5.41 Å². The molecule has 0 aliphatic heterocycles. The van der Waals surface area contributed by atoms with Gasteiger partial charge in [0, 0.05) is 18.9 Å². The molecule has 5 heteroatoms. The second-order valence-corrected chi connectivity index (χ2v) is 16.5. The van der Waals surface area contributed by atoms with E-state index in [9.17, 15) is 9.59 Å². The first-order valence-electron chi connectivity index (χ1n) is 12.2. The van der Waals surface area contributed by atoms with Crippen LogP contribution >= 0.6 is 0 Å². The summed E-state index contributed by atoms with van der Waals surface area (Å²) in [6.07, 6.45) is 6.00. The number of benzene rings is 1. The highest BCUT2D eigenvalue weighted by Crippen LogP contribution is 2.38. The Kier molecular flexibility index (Phi) is 11.2. The molecule has 0 radical (unpaired) electrons. The molecular formula is C28H46O4Si. The van der Waals surface area contributed by atoms with Crippen LogP contribution in [0.15, 0.2) is 42.0 Å². The average molecular weight is 475 g/mol. The highest BCUT2D eigenvalue weighted by molar-refractivity contribution is 6.74. The standard InChI is InChI=1S/C28H46O4Si/c1-22(15-17-23-13-11-10-12-14-23)16-18-25(32-33(8,9)28(5,6)7)21-24(19-20-29)31-26(30)27(2,3)4/h10-15,20,24-25H,16-19,21H2,1-9H3/b22-15+/t24-,25-/m1/s1. The van der Waals surface area contributed by atoms with Gasteiger partial charge in [0.2, 0.25) is 0 Å². The van der Waals surface area contributed by atoms with Crippen molar-refractivity contribution in [1.29, 1.82) is 0 Å². The Morgan fingerprint density at radius 1 is 1.03 bits per heavy atom. The average Bonchev–Trinajstić information content (AvgIpc) is 2.69. The number of ether oxygens (including phenoxy) is 1. The predicted molar refractivity (Wildman–Crippen MR) is 140 cm³/mol. The zero-order chi connectivity index (χ0) is 25.3. The summed E-state index contributed by atoms with van der Waals surface area (Å²) in [7, 11) is -2.03. The fourth-order valence-corrected chi connectivity index (χ4v) is 4.54. The second kappa shape index (κ2) is 12.7. The van der Waals surface area contributed by atoms with Crippen molar-refractivity contribution in [3.8, 4) is 0 Å². The SMILES string of the molecule is C/C(=C\Cc1ccccc1)CC[C@H](C[C@@H](CC=O)OC(=O)C(C)(C)C)O[Si](C)(C)C(C)(C)C. The number of carbonyl (C=O) groups is 2. The molecule has 0 saturated carbocycles. The first-order chi connectivity index (χ1) is 15.2. The molecule has 0 amide bonds. The Morgan fingerprint density at radius 3 is 2.15 bits per heavy atom. The molecule has 1 aromatic carbocycles. The van der Waals surface area contributed by atoms with Crippen LogP contribution in [-0.4, -0.2) is 32.8 Å². The molecule has 0 aromatic heterocycles. The molecule has 0 spiro atoms. The third kappa shape index (κ3) is 10.8. The van der Waals surface area contributed by atoms with Crippen molar-refractivity contribution in [2.45, 2.75) is 111 Å². The molecular weight excluding hydrogens is 428 g/mol. The zero-order valence-corrected chi connectivity index (χ0v) is 23.4. The molecule has 1 aromatic rings. The predicted octanol–water partition coefficient (Wildman–Crippen LogP) is 7.28. The summed E-state index contributed by atoms with van der Waals surface area (Å²) >= 11 is 0.